The third-order valence-corrected chi connectivity index (χ3v) is 4.62. The Hall–Kier alpha value is -2.74. The molecule has 8 nitrogen and oxygen atoms in total. The average molecular weight is 354 g/mol. The molecule has 136 valence electrons. The van der Waals surface area contributed by atoms with Crippen LogP contribution in [0.2, 0.25) is 0 Å². The maximum atomic E-state index is 11.9. The van der Waals surface area contributed by atoms with Crippen molar-refractivity contribution in [2.45, 2.75) is 38.6 Å². The minimum atomic E-state index is -0.415. The first kappa shape index (κ1) is 16.7. The van der Waals surface area contributed by atoms with Crippen LogP contribution >= 0.6 is 0 Å². The van der Waals surface area contributed by atoms with E-state index in [-0.39, 0.29) is 12.0 Å². The minimum absolute atomic E-state index is 0.0430. The van der Waals surface area contributed by atoms with E-state index < -0.39 is 6.09 Å². The number of H-pyrrole nitrogens is 1. The first-order valence-corrected chi connectivity index (χ1v) is 8.92. The molecule has 1 atom stereocenters. The molecule has 1 aliphatic rings. The van der Waals surface area contributed by atoms with Crippen molar-refractivity contribution in [1.82, 2.24) is 30.5 Å². The number of rotatable bonds is 3. The summed E-state index contributed by atoms with van der Waals surface area (Å²) in [4.78, 5) is 24.9. The van der Waals surface area contributed by atoms with E-state index in [9.17, 15) is 4.79 Å². The number of piperidine rings is 1. The van der Waals surface area contributed by atoms with Gasteiger partial charge in [0.1, 0.15) is 5.65 Å². The molecule has 0 saturated carbocycles. The topological polar surface area (TPSA) is 96.0 Å². The molecule has 4 rings (SSSR count). The van der Waals surface area contributed by atoms with E-state index in [1.165, 1.54) is 0 Å². The van der Waals surface area contributed by atoms with E-state index in [0.29, 0.717) is 6.54 Å². The molecule has 1 fully saturated rings. The van der Waals surface area contributed by atoms with Crippen molar-refractivity contribution >= 4 is 27.9 Å². The number of hydrogen-bond donors (Lipinski definition) is 2. The molecule has 1 aliphatic heterocycles. The van der Waals surface area contributed by atoms with Gasteiger partial charge in [0.15, 0.2) is 0 Å². The number of carbonyl (C=O) groups is 1. The van der Waals surface area contributed by atoms with Gasteiger partial charge in [0, 0.05) is 53.6 Å². The molecule has 0 aromatic carbocycles. The summed E-state index contributed by atoms with van der Waals surface area (Å²) in [5.41, 5.74) is 1.78. The van der Waals surface area contributed by atoms with Gasteiger partial charge in [0.25, 0.3) is 0 Å². The van der Waals surface area contributed by atoms with Crippen LogP contribution in [0.3, 0.4) is 0 Å². The van der Waals surface area contributed by atoms with Crippen molar-refractivity contribution in [1.29, 1.82) is 0 Å². The predicted molar refractivity (Wildman–Crippen MR) is 97.5 cm³/mol. The van der Waals surface area contributed by atoms with Gasteiger partial charge >= 0.3 is 6.09 Å². The predicted octanol–water partition coefficient (Wildman–Crippen LogP) is 2.74. The number of hydrogen-bond acceptors (Lipinski definition) is 6. The first-order chi connectivity index (χ1) is 12.6. The molecule has 1 amide bonds. The summed E-state index contributed by atoms with van der Waals surface area (Å²) >= 11 is 0. The summed E-state index contributed by atoms with van der Waals surface area (Å²) in [6, 6.07) is 2.06. The summed E-state index contributed by atoms with van der Waals surface area (Å²) < 4.78 is 0. The zero-order valence-electron chi connectivity index (χ0n) is 14.9. The molecule has 0 aliphatic carbocycles. The van der Waals surface area contributed by atoms with Gasteiger partial charge < -0.3 is 15.1 Å². The van der Waals surface area contributed by atoms with Crippen LogP contribution in [0.5, 0.6) is 0 Å². The quantitative estimate of drug-likeness (QED) is 0.751. The largest absolute Gasteiger partial charge is 0.426 e. The van der Waals surface area contributed by atoms with E-state index in [1.807, 2.05) is 32.3 Å². The number of aromatic nitrogens is 4. The number of hydroxylamine groups is 2. The van der Waals surface area contributed by atoms with Crippen molar-refractivity contribution in [3.05, 3.63) is 30.4 Å². The molecule has 0 radical (unpaired) electrons. The molecule has 4 heterocycles. The molecular formula is C18H22N6O2. The van der Waals surface area contributed by atoms with Crippen LogP contribution < -0.4 is 5.32 Å². The molecular weight excluding hydrogens is 332 g/mol. The Bertz CT molecular complexity index is 938. The molecule has 0 bridgehead atoms. The molecule has 3 aromatic heterocycles. The average Bonchev–Trinajstić information content (AvgIpc) is 3.09. The molecule has 1 saturated heterocycles. The van der Waals surface area contributed by atoms with Crippen molar-refractivity contribution in [3.63, 3.8) is 0 Å². The number of pyridine rings is 1. The van der Waals surface area contributed by atoms with Gasteiger partial charge in [-0.2, -0.15) is 10.2 Å². The summed E-state index contributed by atoms with van der Waals surface area (Å²) in [5.74, 6) is 0.146. The van der Waals surface area contributed by atoms with Gasteiger partial charge in [0.2, 0.25) is 0 Å². The molecule has 0 spiro atoms. The number of aromatic amines is 1. The maximum Gasteiger partial charge on any atom is 0.426 e. The summed E-state index contributed by atoms with van der Waals surface area (Å²) in [5, 5.41) is 16.2. The molecule has 26 heavy (non-hydrogen) atoms. The first-order valence-electron chi connectivity index (χ1n) is 8.92. The minimum Gasteiger partial charge on any atom is -0.351 e. The Morgan fingerprint density at radius 1 is 1.42 bits per heavy atom. The summed E-state index contributed by atoms with van der Waals surface area (Å²) in [7, 11) is 0. The van der Waals surface area contributed by atoms with E-state index in [2.05, 4.69) is 25.5 Å². The zero-order valence-corrected chi connectivity index (χ0v) is 14.9. The Kier molecular flexibility index (Phi) is 4.42. The maximum absolute atomic E-state index is 11.9. The van der Waals surface area contributed by atoms with Gasteiger partial charge in [-0.25, -0.2) is 9.78 Å². The van der Waals surface area contributed by atoms with E-state index in [4.69, 9.17) is 4.84 Å². The lowest BCUT2D eigenvalue weighted by atomic mass is 9.92. The van der Waals surface area contributed by atoms with E-state index in [0.717, 1.165) is 46.9 Å². The van der Waals surface area contributed by atoms with Gasteiger partial charge in [-0.15, -0.1) is 5.06 Å². The highest BCUT2D eigenvalue weighted by Crippen LogP contribution is 2.33. The highest BCUT2D eigenvalue weighted by atomic mass is 16.7. The van der Waals surface area contributed by atoms with E-state index in [1.54, 1.807) is 11.3 Å². The molecule has 8 heteroatoms. The second-order valence-corrected chi connectivity index (χ2v) is 6.96. The molecule has 1 unspecified atom stereocenters. The highest BCUT2D eigenvalue weighted by Gasteiger charge is 2.27. The number of carbonyl (C=O) groups excluding carboxylic acids is 1. The Morgan fingerprint density at radius 3 is 3.15 bits per heavy atom. The van der Waals surface area contributed by atoms with Gasteiger partial charge in [-0.3, -0.25) is 0 Å². The van der Waals surface area contributed by atoms with Gasteiger partial charge in [-0.05, 0) is 32.8 Å². The standard InChI is InChI=1S/C18H22N6O2/c1-11(2)22-18(25)26-24-7-3-4-12(10-24)16-15-13(9-21-23-16)8-20-17-14(15)5-6-19-17/h5-6,8-9,11-12H,3-4,7,10H2,1-2H3,(H,19,20)(H,22,25). The summed E-state index contributed by atoms with van der Waals surface area (Å²) in [6.45, 7) is 5.14. The SMILES string of the molecule is CC(C)NC(=O)ON1CCCC(c2nncc3cnc4[nH]ccc4c23)C1. The van der Waals surface area contributed by atoms with Crippen molar-refractivity contribution in [2.75, 3.05) is 13.1 Å². The number of nitrogens with one attached hydrogen (secondary N) is 2. The van der Waals surface area contributed by atoms with Gasteiger partial charge in [0.05, 0.1) is 11.9 Å². The Balaban J connectivity index is 1.63. The summed E-state index contributed by atoms with van der Waals surface area (Å²) in [6.07, 6.45) is 6.94. The van der Waals surface area contributed by atoms with Crippen LogP contribution in [0.1, 0.15) is 38.3 Å². The lowest BCUT2D eigenvalue weighted by Gasteiger charge is -2.31. The van der Waals surface area contributed by atoms with Crippen LogP contribution in [-0.4, -0.2) is 50.5 Å². The second-order valence-electron chi connectivity index (χ2n) is 6.96. The van der Waals surface area contributed by atoms with E-state index >= 15 is 0 Å². The Morgan fingerprint density at radius 2 is 2.31 bits per heavy atom. The van der Waals surface area contributed by atoms with Crippen LogP contribution in [0.15, 0.2) is 24.7 Å². The van der Waals surface area contributed by atoms with Crippen molar-refractivity contribution in [2.24, 2.45) is 0 Å². The normalized spacial score (nSPS) is 18.5. The lowest BCUT2D eigenvalue weighted by Crippen LogP contribution is -2.41. The van der Waals surface area contributed by atoms with Crippen LogP contribution in [0.4, 0.5) is 4.79 Å². The number of fused-ring (bicyclic) bond motifs is 3. The van der Waals surface area contributed by atoms with Crippen LogP contribution in [0.25, 0.3) is 21.8 Å². The molecule has 3 aromatic rings. The van der Waals surface area contributed by atoms with Crippen LogP contribution in [0, 0.1) is 0 Å². The third kappa shape index (κ3) is 3.20. The number of amides is 1. The third-order valence-electron chi connectivity index (χ3n) is 4.62. The van der Waals surface area contributed by atoms with Gasteiger partial charge in [-0.1, -0.05) is 0 Å². The molecule has 2 N–H and O–H groups in total. The monoisotopic (exact) mass is 354 g/mol. The van der Waals surface area contributed by atoms with Crippen molar-refractivity contribution in [3.8, 4) is 0 Å². The smallest absolute Gasteiger partial charge is 0.351 e. The van der Waals surface area contributed by atoms with Crippen LogP contribution in [-0.2, 0) is 4.84 Å². The van der Waals surface area contributed by atoms with Crippen molar-refractivity contribution < 1.29 is 9.63 Å². The fourth-order valence-electron chi connectivity index (χ4n) is 3.52. The second kappa shape index (κ2) is 6.87. The zero-order chi connectivity index (χ0) is 18.1. The Labute approximate surface area is 150 Å². The fourth-order valence-corrected chi connectivity index (χ4v) is 3.52. The number of nitrogens with zero attached hydrogens (tertiary/aromatic N) is 4. The highest BCUT2D eigenvalue weighted by molar-refractivity contribution is 6.05. The lowest BCUT2D eigenvalue weighted by molar-refractivity contribution is -0.116. The fraction of sp³-hybridized carbons (Fsp3) is 0.444.